The van der Waals surface area contributed by atoms with Gasteiger partial charge < -0.3 is 10.1 Å². The summed E-state index contributed by atoms with van der Waals surface area (Å²) >= 11 is 0. The van der Waals surface area contributed by atoms with Crippen molar-refractivity contribution in [3.05, 3.63) is 28.4 Å². The average molecular weight is 278 g/mol. The van der Waals surface area contributed by atoms with E-state index in [1.807, 2.05) is 7.05 Å². The van der Waals surface area contributed by atoms with Gasteiger partial charge >= 0.3 is 0 Å². The number of rotatable bonds is 4. The monoisotopic (exact) mass is 278 g/mol. The molecule has 1 unspecified atom stereocenters. The second kappa shape index (κ2) is 5.70. The highest BCUT2D eigenvalue weighted by Crippen LogP contribution is 2.03. The molecular weight excluding hydrogens is 260 g/mol. The first kappa shape index (κ1) is 13.2. The van der Waals surface area contributed by atoms with E-state index in [4.69, 9.17) is 4.74 Å². The van der Waals surface area contributed by atoms with Gasteiger partial charge in [0.2, 0.25) is 0 Å². The number of aromatic amines is 1. The summed E-state index contributed by atoms with van der Waals surface area (Å²) in [6, 6.07) is 1.53. The molecule has 2 aromatic heterocycles. The molecule has 108 valence electrons. The topological polar surface area (TPSA) is 87.6 Å². The maximum atomic E-state index is 11.8. The first-order valence-corrected chi connectivity index (χ1v) is 6.65. The van der Waals surface area contributed by atoms with Gasteiger partial charge in [-0.25, -0.2) is 9.97 Å². The standard InChI is InChI=1S/C12H18N6O2/c1-17(7-10-5-13-2-3-20-10)6-9-4-11(19)18-12(16-9)14-8-15-18/h4,8,10,13H,2-3,5-7H2,1H3,(H,14,15,16). The van der Waals surface area contributed by atoms with Gasteiger partial charge in [0.1, 0.15) is 6.33 Å². The Morgan fingerprint density at radius 1 is 1.60 bits per heavy atom. The maximum absolute atomic E-state index is 11.8. The second-order valence-electron chi connectivity index (χ2n) is 5.00. The number of nitrogens with zero attached hydrogens (tertiary/aromatic N) is 4. The quantitative estimate of drug-likeness (QED) is 0.733. The van der Waals surface area contributed by atoms with Crippen LogP contribution in [0.15, 0.2) is 17.2 Å². The first-order valence-electron chi connectivity index (χ1n) is 6.65. The third-order valence-electron chi connectivity index (χ3n) is 3.27. The summed E-state index contributed by atoms with van der Waals surface area (Å²) in [7, 11) is 1.99. The van der Waals surface area contributed by atoms with Crippen LogP contribution in [0.2, 0.25) is 0 Å². The molecule has 0 saturated carbocycles. The summed E-state index contributed by atoms with van der Waals surface area (Å²) < 4.78 is 6.98. The number of ether oxygens (including phenoxy) is 1. The molecule has 1 saturated heterocycles. The fourth-order valence-corrected chi connectivity index (χ4v) is 2.38. The molecular formula is C12H18N6O2. The van der Waals surface area contributed by atoms with Crippen LogP contribution in [-0.4, -0.2) is 63.9 Å². The van der Waals surface area contributed by atoms with Crippen molar-refractivity contribution in [2.24, 2.45) is 0 Å². The number of hydrogen-bond acceptors (Lipinski definition) is 6. The Morgan fingerprint density at radius 3 is 3.30 bits per heavy atom. The zero-order valence-electron chi connectivity index (χ0n) is 11.4. The summed E-state index contributed by atoms with van der Waals surface area (Å²) in [6.07, 6.45) is 1.64. The van der Waals surface area contributed by atoms with E-state index >= 15 is 0 Å². The van der Waals surface area contributed by atoms with Crippen LogP contribution >= 0.6 is 0 Å². The highest BCUT2D eigenvalue weighted by molar-refractivity contribution is 5.25. The normalized spacial score (nSPS) is 19.8. The first-order chi connectivity index (χ1) is 9.72. The molecule has 8 heteroatoms. The van der Waals surface area contributed by atoms with Crippen LogP contribution in [0.5, 0.6) is 0 Å². The number of aromatic nitrogens is 4. The van der Waals surface area contributed by atoms with E-state index in [0.717, 1.165) is 26.2 Å². The van der Waals surface area contributed by atoms with Gasteiger partial charge in [-0.3, -0.25) is 14.8 Å². The molecule has 3 rings (SSSR count). The van der Waals surface area contributed by atoms with Crippen LogP contribution in [0.4, 0.5) is 0 Å². The molecule has 1 fully saturated rings. The lowest BCUT2D eigenvalue weighted by Crippen LogP contribution is -2.44. The van der Waals surface area contributed by atoms with Crippen LogP contribution in [0.1, 0.15) is 5.69 Å². The number of fused-ring (bicyclic) bond motifs is 1. The van der Waals surface area contributed by atoms with E-state index in [1.54, 1.807) is 0 Å². The lowest BCUT2D eigenvalue weighted by molar-refractivity contribution is 0.00868. The summed E-state index contributed by atoms with van der Waals surface area (Å²) in [5, 5.41) is 6.02. The molecule has 1 atom stereocenters. The predicted molar refractivity (Wildman–Crippen MR) is 72.6 cm³/mol. The smallest absolute Gasteiger partial charge is 0.274 e. The zero-order chi connectivity index (χ0) is 13.9. The van der Waals surface area contributed by atoms with Crippen molar-refractivity contribution < 1.29 is 4.74 Å². The fraction of sp³-hybridized carbons (Fsp3) is 0.583. The fourth-order valence-electron chi connectivity index (χ4n) is 2.38. The largest absolute Gasteiger partial charge is 0.374 e. The molecule has 20 heavy (non-hydrogen) atoms. The molecule has 0 aliphatic carbocycles. The lowest BCUT2D eigenvalue weighted by atomic mass is 10.2. The average Bonchev–Trinajstić information content (AvgIpc) is 2.88. The van der Waals surface area contributed by atoms with E-state index in [9.17, 15) is 4.79 Å². The molecule has 0 bridgehead atoms. The summed E-state index contributed by atoms with van der Waals surface area (Å²) in [6.45, 7) is 3.91. The van der Waals surface area contributed by atoms with E-state index in [0.29, 0.717) is 18.0 Å². The Hall–Kier alpha value is -1.77. The minimum absolute atomic E-state index is 0.147. The van der Waals surface area contributed by atoms with Gasteiger partial charge in [-0.2, -0.15) is 4.52 Å². The highest BCUT2D eigenvalue weighted by Gasteiger charge is 2.16. The molecule has 8 nitrogen and oxygen atoms in total. The van der Waals surface area contributed by atoms with Crippen molar-refractivity contribution in [1.29, 1.82) is 0 Å². The number of likely N-dealkylation sites (N-methyl/N-ethyl adjacent to an activating group) is 1. The molecule has 0 spiro atoms. The third-order valence-corrected chi connectivity index (χ3v) is 3.27. The van der Waals surface area contributed by atoms with E-state index in [2.05, 4.69) is 25.3 Å². The summed E-state index contributed by atoms with van der Waals surface area (Å²) in [5.41, 5.74) is 0.569. The van der Waals surface area contributed by atoms with Gasteiger partial charge in [0.15, 0.2) is 0 Å². The Kier molecular flexibility index (Phi) is 3.77. The minimum Gasteiger partial charge on any atom is -0.374 e. The predicted octanol–water partition coefficient (Wildman–Crippen LogP) is -1.16. The van der Waals surface area contributed by atoms with Crippen LogP contribution < -0.4 is 10.9 Å². The molecule has 2 N–H and O–H groups in total. The van der Waals surface area contributed by atoms with Crippen molar-refractivity contribution in [3.63, 3.8) is 0 Å². The van der Waals surface area contributed by atoms with E-state index in [-0.39, 0.29) is 11.7 Å². The van der Waals surface area contributed by atoms with Gasteiger partial charge in [0, 0.05) is 32.2 Å². The van der Waals surface area contributed by atoms with Gasteiger partial charge in [-0.1, -0.05) is 0 Å². The minimum atomic E-state index is -0.147. The Morgan fingerprint density at radius 2 is 2.50 bits per heavy atom. The molecule has 2 aromatic rings. The highest BCUT2D eigenvalue weighted by atomic mass is 16.5. The molecule has 1 aliphatic heterocycles. The summed E-state index contributed by atoms with van der Waals surface area (Å²) in [4.78, 5) is 22.3. The van der Waals surface area contributed by atoms with Gasteiger partial charge in [-0.05, 0) is 7.05 Å². The molecule has 3 heterocycles. The third kappa shape index (κ3) is 2.87. The molecule has 0 radical (unpaired) electrons. The zero-order valence-corrected chi connectivity index (χ0v) is 11.4. The van der Waals surface area contributed by atoms with Crippen LogP contribution in [0.3, 0.4) is 0 Å². The van der Waals surface area contributed by atoms with Crippen molar-refractivity contribution >= 4 is 5.78 Å². The number of morpholine rings is 1. The van der Waals surface area contributed by atoms with Crippen molar-refractivity contribution in [3.8, 4) is 0 Å². The van der Waals surface area contributed by atoms with Gasteiger partial charge in [-0.15, -0.1) is 0 Å². The number of hydrogen-bond donors (Lipinski definition) is 2. The van der Waals surface area contributed by atoms with Gasteiger partial charge in [0.05, 0.1) is 18.4 Å². The second-order valence-corrected chi connectivity index (χ2v) is 5.00. The van der Waals surface area contributed by atoms with Crippen molar-refractivity contribution in [2.75, 3.05) is 33.3 Å². The summed E-state index contributed by atoms with van der Waals surface area (Å²) in [5.74, 6) is 0.400. The van der Waals surface area contributed by atoms with E-state index in [1.165, 1.54) is 16.9 Å². The Bertz CT molecular complexity index is 630. The Labute approximate surface area is 115 Å². The SMILES string of the molecule is CN(Cc1cc(=O)n2[nH]cnc2n1)CC1CNCCO1. The van der Waals surface area contributed by atoms with Crippen LogP contribution in [0, 0.1) is 0 Å². The van der Waals surface area contributed by atoms with E-state index < -0.39 is 0 Å². The Balaban J connectivity index is 1.67. The van der Waals surface area contributed by atoms with Crippen molar-refractivity contribution in [2.45, 2.75) is 12.6 Å². The van der Waals surface area contributed by atoms with Crippen LogP contribution in [0.25, 0.3) is 5.78 Å². The number of nitrogens with one attached hydrogen (secondary N) is 2. The molecule has 0 amide bonds. The molecule has 1 aliphatic rings. The van der Waals surface area contributed by atoms with Crippen molar-refractivity contribution in [1.82, 2.24) is 29.8 Å². The number of H-pyrrole nitrogens is 1. The maximum Gasteiger partial charge on any atom is 0.274 e. The van der Waals surface area contributed by atoms with Crippen LogP contribution in [-0.2, 0) is 11.3 Å². The lowest BCUT2D eigenvalue weighted by Gasteiger charge is -2.27. The van der Waals surface area contributed by atoms with Gasteiger partial charge in [0.25, 0.3) is 11.3 Å². The molecule has 0 aromatic carbocycles.